The maximum absolute atomic E-state index is 14.6. The van der Waals surface area contributed by atoms with Crippen LogP contribution >= 0.6 is 0 Å². The molecule has 30 heavy (non-hydrogen) atoms. The number of hydrogen-bond acceptors (Lipinski definition) is 4. The van der Waals surface area contributed by atoms with Gasteiger partial charge in [0.15, 0.2) is 0 Å². The Labute approximate surface area is 171 Å². The first kappa shape index (κ1) is 19.5. The Balaban J connectivity index is 1.78. The Hall–Kier alpha value is -3.81. The van der Waals surface area contributed by atoms with Crippen molar-refractivity contribution in [2.75, 3.05) is 5.32 Å². The van der Waals surface area contributed by atoms with Crippen LogP contribution in [0.25, 0.3) is 16.9 Å². The molecular weight excluding hydrogens is 388 g/mol. The molecule has 2 aromatic heterocycles. The summed E-state index contributed by atoms with van der Waals surface area (Å²) < 4.78 is 29.7. The number of fused-ring (bicyclic) bond motifs is 1. The van der Waals surface area contributed by atoms with E-state index in [-0.39, 0.29) is 23.9 Å². The Bertz CT molecular complexity index is 1280. The lowest BCUT2D eigenvalue weighted by atomic mass is 10.1. The first-order valence-electron chi connectivity index (χ1n) is 9.29. The van der Waals surface area contributed by atoms with Crippen LogP contribution in [-0.2, 0) is 6.54 Å². The van der Waals surface area contributed by atoms with Gasteiger partial charge in [-0.1, -0.05) is 18.2 Å². The van der Waals surface area contributed by atoms with Crippen LogP contribution in [0.15, 0.2) is 48.5 Å². The van der Waals surface area contributed by atoms with E-state index in [0.29, 0.717) is 27.8 Å². The summed E-state index contributed by atoms with van der Waals surface area (Å²) in [5, 5.41) is 3.69. The predicted molar refractivity (Wildman–Crippen MR) is 111 cm³/mol. The van der Waals surface area contributed by atoms with Crippen LogP contribution in [-0.4, -0.2) is 20.4 Å². The minimum atomic E-state index is -0.672. The standard InChI is InChI=1S/C22H19F2N5O/c1-12-9-17-16(20(25)30)7-4-8-18(17)29(12)22-27-19(24)13(2)21(28-22)26-11-14-5-3-6-15(23)10-14/h3-10H,11H2,1-2H3,(H2,25,30)(H,26,27,28). The Morgan fingerprint density at radius 2 is 1.87 bits per heavy atom. The zero-order chi connectivity index (χ0) is 21.4. The van der Waals surface area contributed by atoms with Crippen LogP contribution in [0.3, 0.4) is 0 Å². The second-order valence-corrected chi connectivity index (χ2v) is 7.00. The smallest absolute Gasteiger partial charge is 0.249 e. The van der Waals surface area contributed by atoms with Crippen molar-refractivity contribution in [1.29, 1.82) is 0 Å². The lowest BCUT2D eigenvalue weighted by molar-refractivity contribution is 0.100. The molecule has 0 bridgehead atoms. The number of amides is 1. The molecule has 3 N–H and O–H groups in total. The van der Waals surface area contributed by atoms with Crippen molar-refractivity contribution < 1.29 is 13.6 Å². The molecule has 4 aromatic rings. The lowest BCUT2D eigenvalue weighted by Crippen LogP contribution is -2.12. The van der Waals surface area contributed by atoms with Crippen LogP contribution in [0.4, 0.5) is 14.6 Å². The number of nitrogens with two attached hydrogens (primary N) is 1. The minimum Gasteiger partial charge on any atom is -0.366 e. The van der Waals surface area contributed by atoms with E-state index in [1.54, 1.807) is 47.9 Å². The first-order valence-corrected chi connectivity index (χ1v) is 9.29. The van der Waals surface area contributed by atoms with Crippen LogP contribution in [0.2, 0.25) is 0 Å². The summed E-state index contributed by atoms with van der Waals surface area (Å²) in [4.78, 5) is 20.2. The maximum atomic E-state index is 14.6. The van der Waals surface area contributed by atoms with Crippen molar-refractivity contribution >= 4 is 22.6 Å². The molecular formula is C22H19F2N5O. The van der Waals surface area contributed by atoms with Crippen LogP contribution in [0.5, 0.6) is 0 Å². The van der Waals surface area contributed by atoms with E-state index in [1.165, 1.54) is 12.1 Å². The number of nitrogens with zero attached hydrogens (tertiary/aromatic N) is 3. The number of anilines is 1. The topological polar surface area (TPSA) is 85.8 Å². The van der Waals surface area contributed by atoms with E-state index >= 15 is 0 Å². The summed E-state index contributed by atoms with van der Waals surface area (Å²) in [6.07, 6.45) is 0. The third-order valence-electron chi connectivity index (χ3n) is 4.92. The van der Waals surface area contributed by atoms with Gasteiger partial charge in [-0.15, -0.1) is 0 Å². The molecule has 8 heteroatoms. The molecule has 0 aliphatic heterocycles. The summed E-state index contributed by atoms with van der Waals surface area (Å²) in [6.45, 7) is 3.65. The molecule has 0 fully saturated rings. The van der Waals surface area contributed by atoms with Crippen molar-refractivity contribution in [3.8, 4) is 5.95 Å². The second-order valence-electron chi connectivity index (χ2n) is 7.00. The summed E-state index contributed by atoms with van der Waals surface area (Å²) in [5.74, 6) is -1.15. The normalized spacial score (nSPS) is 11.1. The number of nitrogens with one attached hydrogen (secondary N) is 1. The number of benzene rings is 2. The molecule has 0 unspecified atom stereocenters. The third-order valence-corrected chi connectivity index (χ3v) is 4.92. The molecule has 2 aromatic carbocycles. The highest BCUT2D eigenvalue weighted by Crippen LogP contribution is 2.27. The fourth-order valence-corrected chi connectivity index (χ4v) is 3.43. The van der Waals surface area contributed by atoms with Gasteiger partial charge in [-0.25, -0.2) is 4.39 Å². The lowest BCUT2D eigenvalue weighted by Gasteiger charge is -2.13. The molecule has 6 nitrogen and oxygen atoms in total. The van der Waals surface area contributed by atoms with E-state index < -0.39 is 11.9 Å². The van der Waals surface area contributed by atoms with E-state index in [4.69, 9.17) is 5.73 Å². The van der Waals surface area contributed by atoms with Gasteiger partial charge >= 0.3 is 0 Å². The van der Waals surface area contributed by atoms with Gasteiger partial charge in [0.1, 0.15) is 11.6 Å². The number of aromatic nitrogens is 3. The van der Waals surface area contributed by atoms with Gasteiger partial charge in [0.25, 0.3) is 0 Å². The van der Waals surface area contributed by atoms with Crippen molar-refractivity contribution in [3.63, 3.8) is 0 Å². The fourth-order valence-electron chi connectivity index (χ4n) is 3.43. The number of carbonyl (C=O) groups is 1. The minimum absolute atomic E-state index is 0.119. The zero-order valence-electron chi connectivity index (χ0n) is 16.4. The van der Waals surface area contributed by atoms with Gasteiger partial charge in [-0.05, 0) is 49.7 Å². The number of halogens is 2. The average Bonchev–Trinajstić information content (AvgIpc) is 3.04. The molecule has 0 radical (unpaired) electrons. The van der Waals surface area contributed by atoms with Crippen LogP contribution in [0, 0.1) is 25.6 Å². The second kappa shape index (κ2) is 7.55. The molecule has 1 amide bonds. The zero-order valence-corrected chi connectivity index (χ0v) is 16.4. The molecule has 0 aliphatic carbocycles. The third kappa shape index (κ3) is 3.47. The molecule has 2 heterocycles. The number of carbonyl (C=O) groups excluding carboxylic acids is 1. The van der Waals surface area contributed by atoms with Gasteiger partial charge in [0, 0.05) is 28.8 Å². The van der Waals surface area contributed by atoms with Crippen molar-refractivity contribution in [2.24, 2.45) is 5.73 Å². The van der Waals surface area contributed by atoms with E-state index in [1.807, 2.05) is 6.92 Å². The fraction of sp³-hybridized carbons (Fsp3) is 0.136. The maximum Gasteiger partial charge on any atom is 0.249 e. The first-order chi connectivity index (χ1) is 14.3. The average molecular weight is 407 g/mol. The molecule has 0 saturated heterocycles. The number of hydrogen-bond donors (Lipinski definition) is 2. The van der Waals surface area contributed by atoms with Gasteiger partial charge in [0.2, 0.25) is 17.8 Å². The highest BCUT2D eigenvalue weighted by atomic mass is 19.1. The summed E-state index contributed by atoms with van der Waals surface area (Å²) >= 11 is 0. The summed E-state index contributed by atoms with van der Waals surface area (Å²) in [6, 6.07) is 13.0. The SMILES string of the molecule is Cc1c(F)nc(-n2c(C)cc3c(C(N)=O)cccc32)nc1NCc1cccc(F)c1. The Kier molecular flexibility index (Phi) is 4.91. The highest BCUT2D eigenvalue weighted by molar-refractivity contribution is 6.06. The van der Waals surface area contributed by atoms with E-state index in [2.05, 4.69) is 15.3 Å². The van der Waals surface area contributed by atoms with Crippen molar-refractivity contribution in [1.82, 2.24) is 14.5 Å². The monoisotopic (exact) mass is 407 g/mol. The largest absolute Gasteiger partial charge is 0.366 e. The van der Waals surface area contributed by atoms with Crippen LogP contribution in [0.1, 0.15) is 27.2 Å². The number of rotatable bonds is 5. The number of primary amides is 1. The van der Waals surface area contributed by atoms with E-state index in [9.17, 15) is 13.6 Å². The highest BCUT2D eigenvalue weighted by Gasteiger charge is 2.18. The predicted octanol–water partition coefficient (Wildman–Crippen LogP) is 4.03. The number of aryl methyl sites for hydroxylation is 1. The van der Waals surface area contributed by atoms with Crippen molar-refractivity contribution in [3.05, 3.63) is 82.7 Å². The van der Waals surface area contributed by atoms with Gasteiger partial charge in [-0.3, -0.25) is 9.36 Å². The molecule has 0 saturated carbocycles. The Morgan fingerprint density at radius 1 is 1.10 bits per heavy atom. The van der Waals surface area contributed by atoms with Gasteiger partial charge in [-0.2, -0.15) is 14.4 Å². The Morgan fingerprint density at radius 3 is 2.60 bits per heavy atom. The van der Waals surface area contributed by atoms with Gasteiger partial charge in [0.05, 0.1) is 5.52 Å². The summed E-state index contributed by atoms with van der Waals surface area (Å²) in [7, 11) is 0. The quantitative estimate of drug-likeness (QED) is 0.489. The molecule has 152 valence electrons. The molecule has 0 atom stereocenters. The van der Waals surface area contributed by atoms with Crippen LogP contribution < -0.4 is 11.1 Å². The van der Waals surface area contributed by atoms with Gasteiger partial charge < -0.3 is 11.1 Å². The van der Waals surface area contributed by atoms with Crippen molar-refractivity contribution in [2.45, 2.75) is 20.4 Å². The molecule has 0 spiro atoms. The molecule has 0 aliphatic rings. The summed E-state index contributed by atoms with van der Waals surface area (Å²) in [5.41, 5.74) is 8.15. The van der Waals surface area contributed by atoms with E-state index in [0.717, 1.165) is 5.69 Å². The molecule has 4 rings (SSSR count).